The largest absolute Gasteiger partial charge is 0.480 e. The number of halogens is 1. The van der Waals surface area contributed by atoms with E-state index in [1.807, 2.05) is 0 Å². The van der Waals surface area contributed by atoms with E-state index >= 15 is 0 Å². The quantitative estimate of drug-likeness (QED) is 0.828. The van der Waals surface area contributed by atoms with Gasteiger partial charge in [0.15, 0.2) is 0 Å². The number of hydrogen-bond acceptors (Lipinski definition) is 2. The fourth-order valence-corrected chi connectivity index (χ4v) is 2.23. The molecule has 2 N–H and O–H groups in total. The third-order valence-corrected chi connectivity index (χ3v) is 3.98. The van der Waals surface area contributed by atoms with Crippen LogP contribution in [0.2, 0.25) is 5.02 Å². The summed E-state index contributed by atoms with van der Waals surface area (Å²) in [6, 6.07) is 5.16. The molecule has 0 heterocycles. The Labute approximate surface area is 110 Å². The van der Waals surface area contributed by atoms with E-state index in [4.69, 9.17) is 16.7 Å². The molecule has 5 heteroatoms. The van der Waals surface area contributed by atoms with Gasteiger partial charge in [-0.2, -0.15) is 0 Å². The lowest BCUT2D eigenvalue weighted by atomic mass is 9.68. The van der Waals surface area contributed by atoms with Crippen LogP contribution >= 0.6 is 11.6 Å². The Balaban J connectivity index is 2.21. The first-order chi connectivity index (χ1) is 8.47. The number of benzene rings is 1. The number of carbonyl (C=O) groups excluding carboxylic acids is 1. The van der Waals surface area contributed by atoms with Crippen LogP contribution in [0.4, 0.5) is 5.69 Å². The molecule has 0 aliphatic heterocycles. The Bertz CT molecular complexity index is 509. The zero-order valence-electron chi connectivity index (χ0n) is 10.00. The van der Waals surface area contributed by atoms with Crippen molar-refractivity contribution >= 4 is 29.2 Å². The molecule has 2 rings (SSSR count). The summed E-state index contributed by atoms with van der Waals surface area (Å²) in [6.45, 7) is 1.78. The Morgan fingerprint density at radius 1 is 1.39 bits per heavy atom. The van der Waals surface area contributed by atoms with Gasteiger partial charge in [-0.25, -0.2) is 0 Å². The lowest BCUT2D eigenvalue weighted by molar-refractivity contribution is -0.159. The second-order valence-electron chi connectivity index (χ2n) is 4.61. The highest BCUT2D eigenvalue weighted by Crippen LogP contribution is 2.42. The van der Waals surface area contributed by atoms with Crippen LogP contribution in [0.25, 0.3) is 0 Å². The molecule has 96 valence electrons. The molecule has 0 atom stereocenters. The van der Waals surface area contributed by atoms with Gasteiger partial charge in [-0.1, -0.05) is 24.1 Å². The summed E-state index contributed by atoms with van der Waals surface area (Å²) < 4.78 is 0. The van der Waals surface area contributed by atoms with Crippen molar-refractivity contribution in [2.75, 3.05) is 5.32 Å². The SMILES string of the molecule is Cc1c(Cl)cccc1NC(=O)C1(C(=O)O)CCC1. The summed E-state index contributed by atoms with van der Waals surface area (Å²) in [7, 11) is 0. The predicted octanol–water partition coefficient (Wildman–Crippen LogP) is 2.84. The van der Waals surface area contributed by atoms with Crippen LogP contribution < -0.4 is 5.32 Å². The molecule has 0 bridgehead atoms. The maximum absolute atomic E-state index is 12.1. The van der Waals surface area contributed by atoms with Gasteiger partial charge in [-0.3, -0.25) is 9.59 Å². The first kappa shape index (κ1) is 12.9. The van der Waals surface area contributed by atoms with Gasteiger partial charge in [0.2, 0.25) is 5.91 Å². The van der Waals surface area contributed by atoms with Crippen LogP contribution in [0, 0.1) is 12.3 Å². The Morgan fingerprint density at radius 3 is 2.56 bits per heavy atom. The molecule has 1 amide bonds. The van der Waals surface area contributed by atoms with E-state index in [1.165, 1.54) is 0 Å². The van der Waals surface area contributed by atoms with Gasteiger partial charge in [0, 0.05) is 10.7 Å². The molecular formula is C13H14ClNO3. The predicted molar refractivity (Wildman–Crippen MR) is 68.7 cm³/mol. The van der Waals surface area contributed by atoms with Gasteiger partial charge in [-0.15, -0.1) is 0 Å². The van der Waals surface area contributed by atoms with Crippen molar-refractivity contribution in [1.29, 1.82) is 0 Å². The number of hydrogen-bond donors (Lipinski definition) is 2. The third-order valence-electron chi connectivity index (χ3n) is 3.57. The number of rotatable bonds is 3. The van der Waals surface area contributed by atoms with E-state index in [0.717, 1.165) is 12.0 Å². The molecule has 0 spiro atoms. The molecule has 1 fully saturated rings. The number of anilines is 1. The van der Waals surface area contributed by atoms with E-state index < -0.39 is 17.3 Å². The minimum atomic E-state index is -1.26. The van der Waals surface area contributed by atoms with E-state index in [9.17, 15) is 9.59 Å². The lowest BCUT2D eigenvalue weighted by Gasteiger charge is -2.35. The molecule has 0 unspecified atom stereocenters. The Morgan fingerprint density at radius 2 is 2.06 bits per heavy atom. The zero-order chi connectivity index (χ0) is 13.3. The van der Waals surface area contributed by atoms with Gasteiger partial charge in [0.05, 0.1) is 0 Å². The minimum absolute atomic E-state index is 0.397. The van der Waals surface area contributed by atoms with Crippen molar-refractivity contribution in [2.24, 2.45) is 5.41 Å². The molecule has 4 nitrogen and oxygen atoms in total. The molecule has 0 saturated heterocycles. The summed E-state index contributed by atoms with van der Waals surface area (Å²) in [5, 5.41) is 12.4. The van der Waals surface area contributed by atoms with Crippen molar-refractivity contribution < 1.29 is 14.7 Å². The van der Waals surface area contributed by atoms with E-state index in [1.54, 1.807) is 25.1 Å². The number of amides is 1. The summed E-state index contributed by atoms with van der Waals surface area (Å²) in [4.78, 5) is 23.3. The molecule has 1 aromatic rings. The molecule has 0 radical (unpaired) electrons. The van der Waals surface area contributed by atoms with Crippen LogP contribution in [0.15, 0.2) is 18.2 Å². The summed E-state index contributed by atoms with van der Waals surface area (Å²) in [5.41, 5.74) is 0.0572. The Kier molecular flexibility index (Phi) is 3.30. The average Bonchev–Trinajstić information content (AvgIpc) is 2.22. The van der Waals surface area contributed by atoms with Crippen molar-refractivity contribution in [1.82, 2.24) is 0 Å². The van der Waals surface area contributed by atoms with Gasteiger partial charge < -0.3 is 10.4 Å². The standard InChI is InChI=1S/C13H14ClNO3/c1-8-9(14)4-2-5-10(8)15-11(16)13(12(17)18)6-3-7-13/h2,4-5H,3,6-7H2,1H3,(H,15,16)(H,17,18). The van der Waals surface area contributed by atoms with E-state index in [-0.39, 0.29) is 0 Å². The highest BCUT2D eigenvalue weighted by atomic mass is 35.5. The van der Waals surface area contributed by atoms with Crippen molar-refractivity contribution in [3.8, 4) is 0 Å². The van der Waals surface area contributed by atoms with Crippen LogP contribution in [0.1, 0.15) is 24.8 Å². The van der Waals surface area contributed by atoms with Crippen molar-refractivity contribution in [2.45, 2.75) is 26.2 Å². The van der Waals surface area contributed by atoms with Crippen molar-refractivity contribution in [3.05, 3.63) is 28.8 Å². The Hall–Kier alpha value is -1.55. The molecule has 18 heavy (non-hydrogen) atoms. The normalized spacial score (nSPS) is 16.8. The van der Waals surface area contributed by atoms with Crippen LogP contribution in [0.3, 0.4) is 0 Å². The molecule has 0 aromatic heterocycles. The summed E-state index contributed by atoms with van der Waals surface area (Å²) in [6.07, 6.45) is 1.57. The highest BCUT2D eigenvalue weighted by molar-refractivity contribution is 6.31. The monoisotopic (exact) mass is 267 g/mol. The van der Waals surface area contributed by atoms with Crippen LogP contribution in [0.5, 0.6) is 0 Å². The molecular weight excluding hydrogens is 254 g/mol. The van der Waals surface area contributed by atoms with Crippen molar-refractivity contribution in [3.63, 3.8) is 0 Å². The second kappa shape index (κ2) is 4.61. The number of carbonyl (C=O) groups is 2. The molecule has 1 aromatic carbocycles. The first-order valence-electron chi connectivity index (χ1n) is 5.77. The zero-order valence-corrected chi connectivity index (χ0v) is 10.8. The lowest BCUT2D eigenvalue weighted by Crippen LogP contribution is -2.48. The fourth-order valence-electron chi connectivity index (χ4n) is 2.05. The van der Waals surface area contributed by atoms with Gasteiger partial charge in [-0.05, 0) is 37.5 Å². The highest BCUT2D eigenvalue weighted by Gasteiger charge is 2.51. The van der Waals surface area contributed by atoms with Gasteiger partial charge in [0.1, 0.15) is 5.41 Å². The maximum atomic E-state index is 12.1. The third kappa shape index (κ3) is 1.97. The van der Waals surface area contributed by atoms with E-state index in [2.05, 4.69) is 5.32 Å². The van der Waals surface area contributed by atoms with Crippen LogP contribution in [-0.4, -0.2) is 17.0 Å². The number of carboxylic acids is 1. The molecule has 1 saturated carbocycles. The number of carboxylic acid groups (broad SMARTS) is 1. The van der Waals surface area contributed by atoms with E-state index in [0.29, 0.717) is 23.6 Å². The average molecular weight is 268 g/mol. The first-order valence-corrected chi connectivity index (χ1v) is 6.15. The van der Waals surface area contributed by atoms with Gasteiger partial charge in [0.25, 0.3) is 0 Å². The summed E-state index contributed by atoms with van der Waals surface area (Å²) in [5.74, 6) is -1.50. The topological polar surface area (TPSA) is 66.4 Å². The fraction of sp³-hybridized carbons (Fsp3) is 0.385. The second-order valence-corrected chi connectivity index (χ2v) is 5.01. The molecule has 1 aliphatic rings. The smallest absolute Gasteiger partial charge is 0.319 e. The molecule has 1 aliphatic carbocycles. The summed E-state index contributed by atoms with van der Waals surface area (Å²) >= 11 is 5.95. The number of nitrogens with one attached hydrogen (secondary N) is 1. The van der Waals surface area contributed by atoms with Crippen LogP contribution in [-0.2, 0) is 9.59 Å². The minimum Gasteiger partial charge on any atom is -0.480 e. The van der Waals surface area contributed by atoms with Gasteiger partial charge >= 0.3 is 5.97 Å². The maximum Gasteiger partial charge on any atom is 0.319 e. The number of aliphatic carboxylic acids is 1.